The second-order valence-corrected chi connectivity index (χ2v) is 5.94. The lowest BCUT2D eigenvalue weighted by Crippen LogP contribution is -2.18. The van der Waals surface area contributed by atoms with Gasteiger partial charge in [-0.1, -0.05) is 34.9 Å². The van der Waals surface area contributed by atoms with Gasteiger partial charge in [-0.3, -0.25) is 4.79 Å². The van der Waals surface area contributed by atoms with Crippen LogP contribution in [0.3, 0.4) is 0 Å². The molecule has 3 aromatic rings. The molecule has 7 heteroatoms. The van der Waals surface area contributed by atoms with Crippen molar-refractivity contribution in [1.82, 2.24) is 25.0 Å². The molecule has 1 aromatic carbocycles. The van der Waals surface area contributed by atoms with E-state index in [4.69, 9.17) is 0 Å². The van der Waals surface area contributed by atoms with Gasteiger partial charge in [0.05, 0.1) is 22.7 Å². The molecule has 0 unspecified atom stereocenters. The minimum atomic E-state index is 0.0849. The van der Waals surface area contributed by atoms with Gasteiger partial charge in [-0.2, -0.15) is 4.52 Å². The molecule has 0 N–H and O–H groups in total. The van der Waals surface area contributed by atoms with E-state index in [-0.39, 0.29) is 5.78 Å². The zero-order valence-corrected chi connectivity index (χ0v) is 12.1. The van der Waals surface area contributed by atoms with Gasteiger partial charge < -0.3 is 0 Å². The molecule has 0 amide bonds. The predicted octanol–water partition coefficient (Wildman–Crippen LogP) is 1.92. The summed E-state index contributed by atoms with van der Waals surface area (Å²) in [7, 11) is 0. The zero-order valence-electron chi connectivity index (χ0n) is 11.3. The zero-order chi connectivity index (χ0) is 14.4. The molecule has 0 saturated carbocycles. The molecule has 0 spiro atoms. The van der Waals surface area contributed by atoms with Crippen molar-refractivity contribution in [3.8, 4) is 11.3 Å². The first-order chi connectivity index (χ1) is 10.2. The van der Waals surface area contributed by atoms with E-state index in [2.05, 4.69) is 20.5 Å². The Bertz CT molecular complexity index is 856. The van der Waals surface area contributed by atoms with Crippen molar-refractivity contribution in [1.29, 1.82) is 0 Å². The van der Waals surface area contributed by atoms with Gasteiger partial charge in [0.15, 0.2) is 5.78 Å². The molecule has 0 saturated heterocycles. The maximum atomic E-state index is 12.4. The Kier molecular flexibility index (Phi) is 2.75. The van der Waals surface area contributed by atoms with Gasteiger partial charge >= 0.3 is 0 Å². The van der Waals surface area contributed by atoms with E-state index in [0.717, 1.165) is 22.5 Å². The summed E-state index contributed by atoms with van der Waals surface area (Å²) in [6, 6.07) is 8.00. The second-order valence-electron chi connectivity index (χ2n) is 4.95. The molecule has 0 radical (unpaired) electrons. The van der Waals surface area contributed by atoms with Crippen molar-refractivity contribution in [2.75, 3.05) is 5.75 Å². The summed E-state index contributed by atoms with van der Waals surface area (Å²) in [6.45, 7) is 2.03. The Morgan fingerprint density at radius 3 is 2.81 bits per heavy atom. The summed E-state index contributed by atoms with van der Waals surface area (Å²) in [6.07, 6.45) is 0. The summed E-state index contributed by atoms with van der Waals surface area (Å²) < 4.78 is 1.55. The van der Waals surface area contributed by atoms with E-state index in [0.29, 0.717) is 22.8 Å². The normalized spacial score (nSPS) is 14.4. The summed E-state index contributed by atoms with van der Waals surface area (Å²) in [5.74, 6) is 1.70. The Morgan fingerprint density at radius 1 is 1.19 bits per heavy atom. The van der Waals surface area contributed by atoms with Crippen molar-refractivity contribution < 1.29 is 4.79 Å². The summed E-state index contributed by atoms with van der Waals surface area (Å²) in [5.41, 5.74) is 4.25. The van der Waals surface area contributed by atoms with E-state index in [1.807, 2.05) is 31.2 Å². The molecule has 6 nitrogen and oxygen atoms in total. The Balaban J connectivity index is 2.09. The number of tetrazole rings is 1. The highest BCUT2D eigenvalue weighted by Crippen LogP contribution is 2.32. The first kappa shape index (κ1) is 12.5. The van der Waals surface area contributed by atoms with Crippen LogP contribution in [-0.4, -0.2) is 36.6 Å². The van der Waals surface area contributed by atoms with E-state index in [1.54, 1.807) is 16.3 Å². The highest BCUT2D eigenvalue weighted by atomic mass is 32.2. The fraction of sp³-hybridized carbons (Fsp3) is 0.214. The number of hydrogen-bond donors (Lipinski definition) is 0. The van der Waals surface area contributed by atoms with Gasteiger partial charge in [-0.15, -0.1) is 11.8 Å². The topological polar surface area (TPSA) is 73.0 Å². The van der Waals surface area contributed by atoms with Gasteiger partial charge in [0, 0.05) is 11.3 Å². The minimum Gasteiger partial charge on any atom is -0.293 e. The van der Waals surface area contributed by atoms with Crippen LogP contribution in [0, 0.1) is 6.92 Å². The van der Waals surface area contributed by atoms with E-state index < -0.39 is 0 Å². The molecule has 0 fully saturated rings. The van der Waals surface area contributed by atoms with Crippen molar-refractivity contribution in [3.05, 3.63) is 41.1 Å². The lowest BCUT2D eigenvalue weighted by Gasteiger charge is -2.17. The molecule has 1 aliphatic heterocycles. The van der Waals surface area contributed by atoms with Gasteiger partial charge in [-0.05, 0) is 17.4 Å². The number of aromatic nitrogens is 5. The third-order valence-corrected chi connectivity index (χ3v) is 4.44. The number of nitrogens with zero attached hydrogens (tertiary/aromatic N) is 5. The number of fused-ring (bicyclic) bond motifs is 2. The standard InChI is InChI=1S/C14H11N5OS/c1-8-2-4-9(5-3-8)13-12-10(6-21-7-11(12)20)15-14-16-17-18-19(13)14/h2-5H,6-7H2,1H3. The molecule has 104 valence electrons. The average Bonchev–Trinajstić information content (AvgIpc) is 2.94. The number of ketones is 1. The maximum absolute atomic E-state index is 12.4. The molecule has 0 atom stereocenters. The van der Waals surface area contributed by atoms with E-state index in [9.17, 15) is 4.79 Å². The second kappa shape index (κ2) is 4.63. The molecule has 0 aliphatic carbocycles. The smallest absolute Gasteiger partial charge is 0.274 e. The largest absolute Gasteiger partial charge is 0.293 e. The number of rotatable bonds is 1. The van der Waals surface area contributed by atoms with Gasteiger partial charge in [-0.25, -0.2) is 4.98 Å². The number of carbonyl (C=O) groups excluding carboxylic acids is 1. The number of hydrogen-bond acceptors (Lipinski definition) is 6. The molecular formula is C14H11N5OS. The Labute approximate surface area is 124 Å². The lowest BCUT2D eigenvalue weighted by molar-refractivity contribution is 0.102. The number of benzene rings is 1. The SMILES string of the molecule is Cc1ccc(-c2c3c(nc4nnnn24)CSCC3=O)cc1. The van der Waals surface area contributed by atoms with Crippen LogP contribution in [0.2, 0.25) is 0 Å². The number of Topliss-reactive ketones (excluding diaryl/α,β-unsaturated/α-hetero) is 1. The third kappa shape index (κ3) is 1.92. The molecule has 0 bridgehead atoms. The van der Waals surface area contributed by atoms with Crippen molar-refractivity contribution in [2.45, 2.75) is 12.7 Å². The monoisotopic (exact) mass is 297 g/mol. The number of thioether (sulfide) groups is 1. The summed E-state index contributed by atoms with van der Waals surface area (Å²) in [4.78, 5) is 16.8. The average molecular weight is 297 g/mol. The van der Waals surface area contributed by atoms with Crippen LogP contribution in [0.15, 0.2) is 24.3 Å². The van der Waals surface area contributed by atoms with Crippen LogP contribution >= 0.6 is 11.8 Å². The van der Waals surface area contributed by atoms with E-state index >= 15 is 0 Å². The molecule has 4 rings (SSSR count). The molecule has 3 heterocycles. The quantitative estimate of drug-likeness (QED) is 0.683. The number of aryl methyl sites for hydroxylation is 1. The van der Waals surface area contributed by atoms with Crippen LogP contribution in [0.4, 0.5) is 0 Å². The lowest BCUT2D eigenvalue weighted by atomic mass is 10.0. The van der Waals surface area contributed by atoms with Crippen molar-refractivity contribution in [2.24, 2.45) is 0 Å². The molecular weight excluding hydrogens is 286 g/mol. The molecule has 2 aromatic heterocycles. The van der Waals surface area contributed by atoms with Crippen LogP contribution in [-0.2, 0) is 5.75 Å². The fourth-order valence-corrected chi connectivity index (χ4v) is 3.34. The van der Waals surface area contributed by atoms with E-state index in [1.165, 1.54) is 0 Å². The van der Waals surface area contributed by atoms with Crippen LogP contribution in [0.1, 0.15) is 21.6 Å². The first-order valence-corrected chi connectivity index (χ1v) is 7.68. The number of carbonyl (C=O) groups is 1. The Morgan fingerprint density at radius 2 is 2.00 bits per heavy atom. The van der Waals surface area contributed by atoms with Crippen LogP contribution in [0.25, 0.3) is 17.0 Å². The highest BCUT2D eigenvalue weighted by molar-refractivity contribution is 7.99. The van der Waals surface area contributed by atoms with Gasteiger partial charge in [0.2, 0.25) is 0 Å². The van der Waals surface area contributed by atoms with Crippen molar-refractivity contribution >= 4 is 23.3 Å². The molecule has 1 aliphatic rings. The van der Waals surface area contributed by atoms with Crippen LogP contribution in [0.5, 0.6) is 0 Å². The van der Waals surface area contributed by atoms with Crippen molar-refractivity contribution in [3.63, 3.8) is 0 Å². The first-order valence-electron chi connectivity index (χ1n) is 6.53. The third-order valence-electron chi connectivity index (χ3n) is 3.50. The molecule has 21 heavy (non-hydrogen) atoms. The maximum Gasteiger partial charge on any atom is 0.274 e. The Hall–Kier alpha value is -2.28. The fourth-order valence-electron chi connectivity index (χ4n) is 2.50. The van der Waals surface area contributed by atoms with Gasteiger partial charge in [0.1, 0.15) is 0 Å². The van der Waals surface area contributed by atoms with Crippen LogP contribution < -0.4 is 0 Å². The predicted molar refractivity (Wildman–Crippen MR) is 79.2 cm³/mol. The highest BCUT2D eigenvalue weighted by Gasteiger charge is 2.27. The van der Waals surface area contributed by atoms with Gasteiger partial charge in [0.25, 0.3) is 5.78 Å². The summed E-state index contributed by atoms with van der Waals surface area (Å²) >= 11 is 1.57. The summed E-state index contributed by atoms with van der Waals surface area (Å²) in [5, 5.41) is 11.6. The minimum absolute atomic E-state index is 0.0849.